The fourth-order valence-electron chi connectivity index (χ4n) is 1.68. The molecule has 0 bridgehead atoms. The highest BCUT2D eigenvalue weighted by Crippen LogP contribution is 2.19. The Morgan fingerprint density at radius 2 is 2.12 bits per heavy atom. The number of hydrogen-bond donors (Lipinski definition) is 0. The Hall–Kier alpha value is -0.690. The quantitative estimate of drug-likeness (QED) is 0.668. The second kappa shape index (κ2) is 5.30. The molecule has 1 aliphatic rings. The second-order valence-electron chi connectivity index (χ2n) is 4.72. The molecule has 17 heavy (non-hydrogen) atoms. The molecule has 0 saturated carbocycles. The summed E-state index contributed by atoms with van der Waals surface area (Å²) in [5.74, 6) is -0.284. The normalized spacial score (nSPS) is 21.9. The molecule has 1 unspecified atom stereocenters. The number of nitrogens with zero attached hydrogens (tertiary/aromatic N) is 2. The van der Waals surface area contributed by atoms with E-state index in [0.717, 1.165) is 0 Å². The Morgan fingerprint density at radius 1 is 1.53 bits per heavy atom. The number of likely N-dealkylation sites (N-methyl/N-ethyl adjacent to an activating group) is 1. The molecular formula is C10H19FN2O3S. The van der Waals surface area contributed by atoms with E-state index in [-0.39, 0.29) is 18.9 Å². The largest absolute Gasteiger partial charge is 0.340 e. The van der Waals surface area contributed by atoms with Gasteiger partial charge < -0.3 is 9.80 Å². The highest BCUT2D eigenvalue weighted by molar-refractivity contribution is 7.87. The molecule has 5 nitrogen and oxygen atoms in total. The Balaban J connectivity index is 2.49. The van der Waals surface area contributed by atoms with Gasteiger partial charge in [0.25, 0.3) is 0 Å². The van der Waals surface area contributed by atoms with Gasteiger partial charge in [0.05, 0.1) is 0 Å². The summed E-state index contributed by atoms with van der Waals surface area (Å²) in [6.45, 7) is 5.13. The Bertz CT molecular complexity index is 383. The first-order valence-corrected chi connectivity index (χ1v) is 7.08. The van der Waals surface area contributed by atoms with Gasteiger partial charge in [-0.15, -0.1) is 3.89 Å². The molecule has 100 valence electrons. The van der Waals surface area contributed by atoms with Crippen molar-refractivity contribution < 1.29 is 17.1 Å². The lowest BCUT2D eigenvalue weighted by Crippen LogP contribution is -2.37. The van der Waals surface area contributed by atoms with Crippen LogP contribution in [0.2, 0.25) is 0 Å². The molecule has 1 rings (SSSR count). The maximum atomic E-state index is 12.8. The lowest BCUT2D eigenvalue weighted by Gasteiger charge is -2.24. The van der Waals surface area contributed by atoms with Gasteiger partial charge in [0, 0.05) is 32.1 Å². The lowest BCUT2D eigenvalue weighted by atomic mass is 10.3. The highest BCUT2D eigenvalue weighted by atomic mass is 32.3. The molecule has 0 N–H and O–H groups in total. The van der Waals surface area contributed by atoms with Crippen molar-refractivity contribution in [3.63, 3.8) is 0 Å². The zero-order valence-corrected chi connectivity index (χ0v) is 11.2. The predicted molar refractivity (Wildman–Crippen MR) is 62.8 cm³/mol. The molecule has 0 aromatic heterocycles. The van der Waals surface area contributed by atoms with E-state index in [9.17, 15) is 17.1 Å². The molecule has 0 aromatic rings. The zero-order valence-electron chi connectivity index (χ0n) is 10.4. The number of halogens is 1. The summed E-state index contributed by atoms with van der Waals surface area (Å²) in [5, 5.41) is -1.18. The van der Waals surface area contributed by atoms with Gasteiger partial charge >= 0.3 is 10.2 Å². The summed E-state index contributed by atoms with van der Waals surface area (Å²) in [5.41, 5.74) is 0. The van der Waals surface area contributed by atoms with E-state index in [1.54, 1.807) is 0 Å². The van der Waals surface area contributed by atoms with Gasteiger partial charge in [-0.25, -0.2) is 0 Å². The van der Waals surface area contributed by atoms with Crippen LogP contribution >= 0.6 is 0 Å². The second-order valence-corrected chi connectivity index (χ2v) is 6.33. The number of carbonyl (C=O) groups is 1. The van der Waals surface area contributed by atoms with Crippen molar-refractivity contribution in [3.8, 4) is 0 Å². The number of rotatable bonds is 5. The monoisotopic (exact) mass is 266 g/mol. The van der Waals surface area contributed by atoms with Crippen molar-refractivity contribution in [3.05, 3.63) is 0 Å². The molecule has 1 aliphatic heterocycles. The third kappa shape index (κ3) is 3.92. The van der Waals surface area contributed by atoms with Crippen molar-refractivity contribution in [2.75, 3.05) is 26.7 Å². The van der Waals surface area contributed by atoms with E-state index in [1.165, 1.54) is 4.90 Å². The molecule has 1 fully saturated rings. The first-order valence-electron chi connectivity index (χ1n) is 5.63. The summed E-state index contributed by atoms with van der Waals surface area (Å²) in [4.78, 5) is 15.0. The lowest BCUT2D eigenvalue weighted by molar-refractivity contribution is -0.127. The van der Waals surface area contributed by atoms with Gasteiger partial charge in [0.15, 0.2) is 0 Å². The van der Waals surface area contributed by atoms with E-state index in [0.29, 0.717) is 19.1 Å². The van der Waals surface area contributed by atoms with E-state index in [2.05, 4.69) is 0 Å². The topological polar surface area (TPSA) is 57.7 Å². The maximum absolute atomic E-state index is 12.8. The smallest absolute Gasteiger partial charge is 0.307 e. The standard InChI is InChI=1S/C10H19FN2O3S/c1-8(2)12(3)4-5-13-7-9(6-10(13)14)17(11,15)16/h8-9H,4-7H2,1-3H3. The number of amides is 1. The van der Waals surface area contributed by atoms with Crippen molar-refractivity contribution in [2.45, 2.75) is 31.6 Å². The fourth-order valence-corrected chi connectivity index (χ4v) is 2.38. The molecular weight excluding hydrogens is 247 g/mol. The van der Waals surface area contributed by atoms with Crippen molar-refractivity contribution in [1.29, 1.82) is 0 Å². The third-order valence-electron chi connectivity index (χ3n) is 3.18. The minimum atomic E-state index is -4.60. The Labute approximate surface area is 102 Å². The predicted octanol–water partition coefficient (Wildman–Crippen LogP) is 0.227. The van der Waals surface area contributed by atoms with E-state index in [4.69, 9.17) is 0 Å². The number of carbonyl (C=O) groups excluding carboxylic acids is 1. The van der Waals surface area contributed by atoms with Crippen LogP contribution in [-0.4, -0.2) is 62.1 Å². The van der Waals surface area contributed by atoms with Crippen LogP contribution in [-0.2, 0) is 15.0 Å². The van der Waals surface area contributed by atoms with Crippen LogP contribution in [0.4, 0.5) is 3.89 Å². The average molecular weight is 266 g/mol. The minimum absolute atomic E-state index is 0.0242. The van der Waals surface area contributed by atoms with Crippen LogP contribution in [0.15, 0.2) is 0 Å². The van der Waals surface area contributed by atoms with E-state index < -0.39 is 15.5 Å². The zero-order chi connectivity index (χ0) is 13.2. The summed E-state index contributed by atoms with van der Waals surface area (Å²) < 4.78 is 34.2. The molecule has 1 amide bonds. The van der Waals surface area contributed by atoms with E-state index in [1.807, 2.05) is 25.8 Å². The van der Waals surface area contributed by atoms with Gasteiger partial charge in [-0.2, -0.15) is 8.42 Å². The number of likely N-dealkylation sites (tertiary alicyclic amines) is 1. The molecule has 1 heterocycles. The van der Waals surface area contributed by atoms with Gasteiger partial charge in [-0.1, -0.05) is 0 Å². The summed E-state index contributed by atoms with van der Waals surface area (Å²) in [6.07, 6.45) is -0.232. The van der Waals surface area contributed by atoms with Crippen LogP contribution < -0.4 is 0 Å². The van der Waals surface area contributed by atoms with Gasteiger partial charge in [-0.05, 0) is 20.9 Å². The van der Waals surface area contributed by atoms with Gasteiger partial charge in [-0.3, -0.25) is 4.79 Å². The first kappa shape index (κ1) is 14.4. The van der Waals surface area contributed by atoms with Crippen LogP contribution in [0.25, 0.3) is 0 Å². The SMILES string of the molecule is CC(C)N(C)CCN1CC(S(=O)(=O)F)CC1=O. The van der Waals surface area contributed by atoms with Crippen LogP contribution in [0.1, 0.15) is 20.3 Å². The Morgan fingerprint density at radius 3 is 2.53 bits per heavy atom. The highest BCUT2D eigenvalue weighted by Gasteiger charge is 2.38. The first-order chi connectivity index (χ1) is 7.71. The number of hydrogen-bond acceptors (Lipinski definition) is 4. The van der Waals surface area contributed by atoms with Crippen LogP contribution in [0, 0.1) is 0 Å². The summed E-state index contributed by atoms with van der Waals surface area (Å²) in [6, 6.07) is 0.355. The van der Waals surface area contributed by atoms with Crippen LogP contribution in [0.5, 0.6) is 0 Å². The summed E-state index contributed by atoms with van der Waals surface area (Å²) in [7, 11) is -2.67. The molecule has 1 atom stereocenters. The summed E-state index contributed by atoms with van der Waals surface area (Å²) >= 11 is 0. The molecule has 0 aliphatic carbocycles. The van der Waals surface area contributed by atoms with E-state index >= 15 is 0 Å². The average Bonchev–Trinajstić information content (AvgIpc) is 2.55. The molecule has 1 saturated heterocycles. The molecule has 0 spiro atoms. The van der Waals surface area contributed by atoms with Crippen molar-refractivity contribution in [1.82, 2.24) is 9.80 Å². The van der Waals surface area contributed by atoms with Gasteiger partial charge in [0.1, 0.15) is 5.25 Å². The minimum Gasteiger partial charge on any atom is -0.340 e. The maximum Gasteiger partial charge on any atom is 0.307 e. The van der Waals surface area contributed by atoms with Crippen molar-refractivity contribution in [2.24, 2.45) is 0 Å². The molecule has 0 radical (unpaired) electrons. The van der Waals surface area contributed by atoms with Crippen molar-refractivity contribution >= 4 is 16.1 Å². The fraction of sp³-hybridized carbons (Fsp3) is 0.900. The molecule has 7 heteroatoms. The Kier molecular flexibility index (Phi) is 4.48. The van der Waals surface area contributed by atoms with Gasteiger partial charge in [0.2, 0.25) is 5.91 Å². The third-order valence-corrected chi connectivity index (χ3v) is 4.29. The molecule has 0 aromatic carbocycles. The van der Waals surface area contributed by atoms with Crippen LogP contribution in [0.3, 0.4) is 0 Å².